The van der Waals surface area contributed by atoms with Crippen LogP contribution in [0.3, 0.4) is 0 Å². The summed E-state index contributed by atoms with van der Waals surface area (Å²) in [6.07, 6.45) is 0. The van der Waals surface area contributed by atoms with Gasteiger partial charge in [0, 0.05) is 23.4 Å². The highest BCUT2D eigenvalue weighted by Gasteiger charge is 2.22. The first-order valence-corrected chi connectivity index (χ1v) is 10.0. The Balaban J connectivity index is 1.78. The van der Waals surface area contributed by atoms with Crippen molar-refractivity contribution in [3.05, 3.63) is 84.9 Å². The van der Waals surface area contributed by atoms with Gasteiger partial charge in [0.25, 0.3) is 5.78 Å². The average Bonchev–Trinajstić information content (AvgIpc) is 3.34. The number of nitrogens with zero attached hydrogens (tertiary/aromatic N) is 5. The van der Waals surface area contributed by atoms with E-state index in [-0.39, 0.29) is 5.91 Å². The zero-order valence-corrected chi connectivity index (χ0v) is 16.7. The van der Waals surface area contributed by atoms with Crippen molar-refractivity contribution in [2.45, 2.75) is 6.92 Å². The number of carbonyl (C=O) groups is 1. The maximum Gasteiger partial charge on any atom is 0.253 e. The second-order valence-electron chi connectivity index (χ2n) is 7.41. The molecule has 0 N–H and O–H groups in total. The van der Waals surface area contributed by atoms with E-state index in [0.717, 1.165) is 33.4 Å². The van der Waals surface area contributed by atoms with Gasteiger partial charge in [0.15, 0.2) is 5.65 Å². The van der Waals surface area contributed by atoms with Crippen LogP contribution in [0.4, 0.5) is 0 Å². The van der Waals surface area contributed by atoms with Crippen molar-refractivity contribution >= 4 is 33.8 Å². The number of para-hydroxylation sites is 1. The van der Waals surface area contributed by atoms with Gasteiger partial charge in [-0.05, 0) is 6.07 Å². The van der Waals surface area contributed by atoms with Crippen molar-refractivity contribution in [3.8, 4) is 22.5 Å². The Morgan fingerprint density at radius 3 is 2.13 bits per heavy atom. The van der Waals surface area contributed by atoms with E-state index in [1.165, 1.54) is 6.92 Å². The predicted molar refractivity (Wildman–Crippen MR) is 121 cm³/mol. The van der Waals surface area contributed by atoms with Crippen LogP contribution in [0.25, 0.3) is 50.4 Å². The molecule has 148 valence electrons. The first-order valence-electron chi connectivity index (χ1n) is 10.0. The van der Waals surface area contributed by atoms with E-state index in [4.69, 9.17) is 15.1 Å². The van der Waals surface area contributed by atoms with Gasteiger partial charge >= 0.3 is 0 Å². The Morgan fingerprint density at radius 2 is 1.42 bits per heavy atom. The molecule has 6 heteroatoms. The summed E-state index contributed by atoms with van der Waals surface area (Å²) < 4.78 is 3.40. The Kier molecular flexibility index (Phi) is 3.73. The van der Waals surface area contributed by atoms with Crippen LogP contribution in [0.5, 0.6) is 0 Å². The third-order valence-electron chi connectivity index (χ3n) is 5.48. The minimum atomic E-state index is -0.108. The fourth-order valence-electron chi connectivity index (χ4n) is 4.14. The number of benzene rings is 3. The van der Waals surface area contributed by atoms with Crippen molar-refractivity contribution in [3.63, 3.8) is 0 Å². The molecule has 6 nitrogen and oxygen atoms in total. The zero-order chi connectivity index (χ0) is 20.9. The van der Waals surface area contributed by atoms with Crippen molar-refractivity contribution in [2.24, 2.45) is 0 Å². The quantitative estimate of drug-likeness (QED) is 0.397. The molecule has 31 heavy (non-hydrogen) atoms. The number of aromatic nitrogens is 5. The standard InChI is InChI=1S/C25H17N5O/c1-16(31)29-20-15-9-8-14-19(20)22-24(29)27-25-26-21(17-10-4-2-5-11-17)23(30(25)28-22)18-12-6-3-7-13-18/h2-15H,1H3. The smallest absolute Gasteiger partial charge is 0.253 e. The fourth-order valence-corrected chi connectivity index (χ4v) is 4.14. The highest BCUT2D eigenvalue weighted by atomic mass is 16.1. The summed E-state index contributed by atoms with van der Waals surface area (Å²) in [5.74, 6) is 0.346. The summed E-state index contributed by atoms with van der Waals surface area (Å²) in [6, 6.07) is 27.8. The van der Waals surface area contributed by atoms with Crippen LogP contribution in [-0.4, -0.2) is 30.1 Å². The van der Waals surface area contributed by atoms with Crippen molar-refractivity contribution in [1.29, 1.82) is 0 Å². The summed E-state index contributed by atoms with van der Waals surface area (Å²) in [6.45, 7) is 1.54. The summed E-state index contributed by atoms with van der Waals surface area (Å²) in [7, 11) is 0. The molecule has 0 spiro atoms. The van der Waals surface area contributed by atoms with Gasteiger partial charge in [-0.1, -0.05) is 78.9 Å². The first kappa shape index (κ1) is 17.5. The minimum absolute atomic E-state index is 0.108. The van der Waals surface area contributed by atoms with Crippen molar-refractivity contribution in [2.75, 3.05) is 0 Å². The van der Waals surface area contributed by atoms with E-state index >= 15 is 0 Å². The van der Waals surface area contributed by atoms with Gasteiger partial charge in [-0.15, -0.1) is 0 Å². The van der Waals surface area contributed by atoms with Crippen molar-refractivity contribution in [1.82, 2.24) is 24.1 Å². The number of carbonyl (C=O) groups excluding carboxylic acids is 1. The monoisotopic (exact) mass is 403 g/mol. The van der Waals surface area contributed by atoms with Crippen LogP contribution in [0.15, 0.2) is 84.9 Å². The number of fused-ring (bicyclic) bond motifs is 4. The van der Waals surface area contributed by atoms with Crippen LogP contribution in [-0.2, 0) is 0 Å². The molecule has 6 rings (SSSR count). The molecule has 6 aromatic rings. The number of imidazole rings is 1. The van der Waals surface area contributed by atoms with Gasteiger partial charge < -0.3 is 0 Å². The topological polar surface area (TPSA) is 65.1 Å². The van der Waals surface area contributed by atoms with Crippen LogP contribution < -0.4 is 0 Å². The molecule has 0 bridgehead atoms. The lowest BCUT2D eigenvalue weighted by atomic mass is 10.1. The summed E-state index contributed by atoms with van der Waals surface area (Å²) >= 11 is 0. The molecule has 0 radical (unpaired) electrons. The Bertz CT molecular complexity index is 1600. The number of hydrogen-bond acceptors (Lipinski definition) is 4. The minimum Gasteiger partial charge on any atom is -0.274 e. The second-order valence-corrected chi connectivity index (χ2v) is 7.41. The van der Waals surface area contributed by atoms with E-state index < -0.39 is 0 Å². The number of hydrogen-bond donors (Lipinski definition) is 0. The molecule has 0 saturated carbocycles. The molecule has 0 aliphatic rings. The maximum absolute atomic E-state index is 12.5. The maximum atomic E-state index is 12.5. The molecule has 0 aliphatic heterocycles. The molecule has 0 aliphatic carbocycles. The van der Waals surface area contributed by atoms with Gasteiger partial charge in [0.2, 0.25) is 5.91 Å². The molecule has 3 aromatic heterocycles. The van der Waals surface area contributed by atoms with Crippen molar-refractivity contribution < 1.29 is 4.79 Å². The second kappa shape index (κ2) is 6.60. The van der Waals surface area contributed by atoms with Crippen LogP contribution in [0.2, 0.25) is 0 Å². The summed E-state index contributed by atoms with van der Waals surface area (Å²) in [5.41, 5.74) is 5.64. The molecule has 0 fully saturated rings. The first-order chi connectivity index (χ1) is 15.2. The van der Waals surface area contributed by atoms with E-state index in [1.54, 1.807) is 9.08 Å². The van der Waals surface area contributed by atoms with Gasteiger partial charge in [0.1, 0.15) is 16.9 Å². The Hall–Kier alpha value is -4.32. The van der Waals surface area contributed by atoms with Crippen LogP contribution >= 0.6 is 0 Å². The van der Waals surface area contributed by atoms with E-state index in [9.17, 15) is 4.79 Å². The third kappa shape index (κ3) is 2.58. The molecule has 3 aromatic carbocycles. The summed E-state index contributed by atoms with van der Waals surface area (Å²) in [4.78, 5) is 22.1. The summed E-state index contributed by atoms with van der Waals surface area (Å²) in [5, 5.41) is 5.84. The lowest BCUT2D eigenvalue weighted by Gasteiger charge is -2.05. The fraction of sp³-hybridized carbons (Fsp3) is 0.0400. The highest BCUT2D eigenvalue weighted by Crippen LogP contribution is 2.33. The highest BCUT2D eigenvalue weighted by molar-refractivity contribution is 6.10. The van der Waals surface area contributed by atoms with Gasteiger partial charge in [-0.25, -0.2) is 4.98 Å². The van der Waals surface area contributed by atoms with E-state index in [1.807, 2.05) is 84.9 Å². The SMILES string of the molecule is CC(=O)n1c2ccccc2c2nn3c(-c4ccccc4)c(-c4ccccc4)nc3nc21. The largest absolute Gasteiger partial charge is 0.274 e. The van der Waals surface area contributed by atoms with E-state index in [2.05, 4.69) is 0 Å². The van der Waals surface area contributed by atoms with Gasteiger partial charge in [-0.3, -0.25) is 9.36 Å². The molecular formula is C25H17N5O. The van der Waals surface area contributed by atoms with Gasteiger partial charge in [-0.2, -0.15) is 14.6 Å². The molecule has 0 unspecified atom stereocenters. The zero-order valence-electron chi connectivity index (χ0n) is 16.7. The normalized spacial score (nSPS) is 11.5. The molecule has 0 atom stereocenters. The Labute approximate surface area is 177 Å². The van der Waals surface area contributed by atoms with Crippen LogP contribution in [0.1, 0.15) is 11.7 Å². The molecule has 0 amide bonds. The molecule has 0 saturated heterocycles. The number of rotatable bonds is 2. The Morgan fingerprint density at radius 1 is 0.774 bits per heavy atom. The average molecular weight is 403 g/mol. The van der Waals surface area contributed by atoms with Gasteiger partial charge in [0.05, 0.1) is 5.52 Å². The molecular weight excluding hydrogens is 386 g/mol. The third-order valence-corrected chi connectivity index (χ3v) is 5.48. The lowest BCUT2D eigenvalue weighted by Crippen LogP contribution is -2.07. The lowest BCUT2D eigenvalue weighted by molar-refractivity contribution is 0.0946. The van der Waals surface area contributed by atoms with Crippen LogP contribution in [0, 0.1) is 0 Å². The van der Waals surface area contributed by atoms with E-state index in [0.29, 0.717) is 16.9 Å². The molecule has 3 heterocycles. The predicted octanol–water partition coefficient (Wildman–Crippen LogP) is 5.23.